The molecule has 0 saturated carbocycles. The van der Waals surface area contributed by atoms with E-state index in [2.05, 4.69) is 4.99 Å². The molecule has 1 N–H and O–H groups in total. The summed E-state index contributed by atoms with van der Waals surface area (Å²) in [4.78, 5) is 13.0. The van der Waals surface area contributed by atoms with E-state index in [0.717, 1.165) is 7.11 Å². The lowest BCUT2D eigenvalue weighted by atomic mass is 9.84. The van der Waals surface area contributed by atoms with Crippen molar-refractivity contribution in [2.75, 3.05) is 20.8 Å². The Hall–Kier alpha value is -2.91. The molecule has 0 radical (unpaired) electrons. The van der Waals surface area contributed by atoms with E-state index in [9.17, 15) is 23.3 Å². The Labute approximate surface area is 176 Å². The number of allylic oxidation sites excluding steroid dienone is 1. The standard InChI is InChI=1S/C20H17F3N2O4.ClH/c1-28-15-8-9-16-17(11-15)19(29-2,20(21,22)23)12-24-18(16)10-5-13-3-6-14(7-4-13)25(26)27;/h3-11H,12H2,1-2H3;1H. The molecule has 0 fully saturated rings. The highest BCUT2D eigenvalue weighted by atomic mass is 35.5. The number of hydrogen-bond acceptors (Lipinski definition) is 4. The summed E-state index contributed by atoms with van der Waals surface area (Å²) in [5, 5.41) is 10.7. The van der Waals surface area contributed by atoms with Crippen molar-refractivity contribution in [3.8, 4) is 5.75 Å². The molecule has 0 bridgehead atoms. The molecule has 10 heteroatoms. The number of nitro groups is 1. The summed E-state index contributed by atoms with van der Waals surface area (Å²) >= 11 is 0. The average Bonchev–Trinajstić information content (AvgIpc) is 2.70. The molecule has 0 saturated heterocycles. The van der Waals surface area contributed by atoms with Crippen molar-refractivity contribution in [2.24, 2.45) is 0 Å². The zero-order valence-electron chi connectivity index (χ0n) is 16.0. The van der Waals surface area contributed by atoms with Gasteiger partial charge in [-0.2, -0.15) is 13.2 Å². The van der Waals surface area contributed by atoms with Gasteiger partial charge in [0.2, 0.25) is 11.3 Å². The molecule has 3 rings (SSSR count). The van der Waals surface area contributed by atoms with Gasteiger partial charge in [0.1, 0.15) is 5.75 Å². The fourth-order valence-corrected chi connectivity index (χ4v) is 3.22. The number of nitrogens with zero attached hydrogens (tertiary/aromatic N) is 1. The number of nitrogens with one attached hydrogen (secondary N) is 1. The van der Waals surface area contributed by atoms with E-state index < -0.39 is 23.2 Å². The highest BCUT2D eigenvalue weighted by Gasteiger charge is 2.61. The molecule has 1 aliphatic rings. The van der Waals surface area contributed by atoms with Gasteiger partial charge in [0.15, 0.2) is 6.54 Å². The molecule has 0 amide bonds. The molecule has 1 heterocycles. The largest absolute Gasteiger partial charge is 1.00 e. The van der Waals surface area contributed by atoms with Gasteiger partial charge in [-0.25, -0.2) is 4.99 Å². The van der Waals surface area contributed by atoms with Gasteiger partial charge in [-0.3, -0.25) is 10.1 Å². The van der Waals surface area contributed by atoms with Crippen molar-refractivity contribution in [2.45, 2.75) is 11.8 Å². The summed E-state index contributed by atoms with van der Waals surface area (Å²) < 4.78 is 51.8. The van der Waals surface area contributed by atoms with Gasteiger partial charge in [-0.15, -0.1) is 0 Å². The van der Waals surface area contributed by atoms with E-state index in [0.29, 0.717) is 16.8 Å². The fourth-order valence-electron chi connectivity index (χ4n) is 3.22. The summed E-state index contributed by atoms with van der Waals surface area (Å²) in [5.74, 6) is 0.287. The van der Waals surface area contributed by atoms with Crippen LogP contribution in [0.1, 0.15) is 16.7 Å². The van der Waals surface area contributed by atoms with Gasteiger partial charge < -0.3 is 21.9 Å². The predicted molar refractivity (Wildman–Crippen MR) is 99.8 cm³/mol. The third kappa shape index (κ3) is 4.17. The van der Waals surface area contributed by atoms with Crippen molar-refractivity contribution in [1.29, 1.82) is 0 Å². The number of nitro benzene ring substituents is 1. The van der Waals surface area contributed by atoms with Crippen LogP contribution >= 0.6 is 0 Å². The van der Waals surface area contributed by atoms with Crippen LogP contribution < -0.4 is 22.1 Å². The Balaban J connectivity index is 0.00000320. The molecule has 2 aromatic rings. The molecule has 1 atom stereocenters. The van der Waals surface area contributed by atoms with Crippen LogP contribution in [-0.2, 0) is 10.3 Å². The first-order valence-corrected chi connectivity index (χ1v) is 8.56. The van der Waals surface area contributed by atoms with Crippen LogP contribution in [0.25, 0.3) is 6.08 Å². The first kappa shape index (κ1) is 23.4. The third-order valence-electron chi connectivity index (χ3n) is 4.83. The third-order valence-corrected chi connectivity index (χ3v) is 4.83. The van der Waals surface area contributed by atoms with E-state index in [1.807, 2.05) is 0 Å². The number of alkyl halides is 3. The highest BCUT2D eigenvalue weighted by molar-refractivity contribution is 6.08. The van der Waals surface area contributed by atoms with Crippen LogP contribution in [0.15, 0.2) is 48.5 Å². The zero-order chi connectivity index (χ0) is 21.2. The van der Waals surface area contributed by atoms with Gasteiger partial charge in [0, 0.05) is 30.9 Å². The lowest BCUT2D eigenvalue weighted by Crippen LogP contribution is -3.00. The van der Waals surface area contributed by atoms with E-state index >= 15 is 0 Å². The molecule has 6 nitrogen and oxygen atoms in total. The molecular formula is C20H18ClF3N2O4. The lowest BCUT2D eigenvalue weighted by Gasteiger charge is -2.34. The Morgan fingerprint density at radius 1 is 1.13 bits per heavy atom. The minimum atomic E-state index is -4.65. The Morgan fingerprint density at radius 3 is 2.33 bits per heavy atom. The number of fused-ring (bicyclic) bond motifs is 1. The summed E-state index contributed by atoms with van der Waals surface area (Å²) in [6, 6.07) is 10.3. The topological polar surface area (TPSA) is 75.6 Å². The van der Waals surface area contributed by atoms with Crippen molar-refractivity contribution < 1.29 is 45.0 Å². The number of rotatable bonds is 5. The maximum Gasteiger partial charge on any atom is 0.428 e. The van der Waals surface area contributed by atoms with Crippen LogP contribution in [-0.4, -0.2) is 37.6 Å². The molecular weight excluding hydrogens is 425 g/mol. The fraction of sp³-hybridized carbons (Fsp3) is 0.250. The quantitative estimate of drug-likeness (QED) is 0.505. The van der Waals surface area contributed by atoms with E-state index in [1.165, 1.54) is 31.4 Å². The summed E-state index contributed by atoms with van der Waals surface area (Å²) in [6.07, 6.45) is -1.36. The van der Waals surface area contributed by atoms with Crippen molar-refractivity contribution in [3.05, 3.63) is 75.3 Å². The zero-order valence-corrected chi connectivity index (χ0v) is 16.8. The number of methoxy groups -OCH3 is 2. The van der Waals surface area contributed by atoms with Crippen molar-refractivity contribution in [1.82, 2.24) is 0 Å². The maximum atomic E-state index is 13.9. The Morgan fingerprint density at radius 2 is 1.80 bits per heavy atom. The molecule has 160 valence electrons. The number of halogens is 4. The van der Waals surface area contributed by atoms with Crippen LogP contribution in [0.5, 0.6) is 5.75 Å². The molecule has 1 unspecified atom stereocenters. The number of ether oxygens (including phenoxy) is 2. The second-order valence-corrected chi connectivity index (χ2v) is 6.39. The normalized spacial score (nSPS) is 18.4. The Bertz CT molecular complexity index is 991. The monoisotopic (exact) mass is 442 g/mol. The maximum absolute atomic E-state index is 13.9. The van der Waals surface area contributed by atoms with E-state index in [4.69, 9.17) is 9.47 Å². The first-order valence-electron chi connectivity index (χ1n) is 8.56. The molecule has 1 aliphatic heterocycles. The van der Waals surface area contributed by atoms with Crippen LogP contribution in [0.2, 0.25) is 0 Å². The number of non-ortho nitro benzene ring substituents is 1. The summed E-state index contributed by atoms with van der Waals surface area (Å²) in [6.45, 7) is -0.507. The van der Waals surface area contributed by atoms with Gasteiger partial charge in [0.25, 0.3) is 5.69 Å². The Kier molecular flexibility index (Phi) is 6.89. The van der Waals surface area contributed by atoms with Crippen molar-refractivity contribution >= 4 is 17.5 Å². The minimum Gasteiger partial charge on any atom is -1.00 e. The van der Waals surface area contributed by atoms with Crippen LogP contribution in [0, 0.1) is 10.1 Å². The second-order valence-electron chi connectivity index (χ2n) is 6.39. The highest BCUT2D eigenvalue weighted by Crippen LogP contribution is 2.44. The predicted octanol–water partition coefficient (Wildman–Crippen LogP) is -0.392. The molecule has 0 aliphatic carbocycles. The molecule has 2 aromatic carbocycles. The van der Waals surface area contributed by atoms with Crippen LogP contribution in [0.4, 0.5) is 18.9 Å². The second kappa shape index (κ2) is 8.85. The average molecular weight is 443 g/mol. The van der Waals surface area contributed by atoms with E-state index in [1.54, 1.807) is 30.4 Å². The van der Waals surface area contributed by atoms with E-state index in [-0.39, 0.29) is 29.4 Å². The van der Waals surface area contributed by atoms with Gasteiger partial charge in [0.05, 0.1) is 17.6 Å². The van der Waals surface area contributed by atoms with Gasteiger partial charge in [-0.05, 0) is 42.0 Å². The smallest absolute Gasteiger partial charge is 0.428 e. The van der Waals surface area contributed by atoms with Gasteiger partial charge in [-0.1, -0.05) is 0 Å². The molecule has 0 aromatic heterocycles. The number of hydrogen-bond donors (Lipinski definition) is 1. The number of benzene rings is 2. The minimum absolute atomic E-state index is 0. The molecule has 0 spiro atoms. The summed E-state index contributed by atoms with van der Waals surface area (Å²) in [5.41, 5.74) is -1.14. The van der Waals surface area contributed by atoms with Crippen LogP contribution in [0.3, 0.4) is 0 Å². The lowest BCUT2D eigenvalue weighted by molar-refractivity contribution is -0.506. The van der Waals surface area contributed by atoms with Crippen molar-refractivity contribution in [3.63, 3.8) is 0 Å². The molecule has 30 heavy (non-hydrogen) atoms. The summed E-state index contributed by atoms with van der Waals surface area (Å²) in [7, 11) is 2.40. The van der Waals surface area contributed by atoms with Gasteiger partial charge >= 0.3 is 6.18 Å². The SMILES string of the molecule is COc1ccc2c(c1)C(OC)(C(F)(F)F)C[NH+]=C2C=Cc1ccc([N+](=O)[O-])cc1.[Cl-]. The first-order chi connectivity index (χ1) is 13.7.